The molecule has 0 saturated heterocycles. The number of aromatic nitrogens is 1. The van der Waals surface area contributed by atoms with Crippen molar-refractivity contribution in [2.24, 2.45) is 5.92 Å². The second-order valence-corrected chi connectivity index (χ2v) is 4.59. The summed E-state index contributed by atoms with van der Waals surface area (Å²) >= 11 is 5.81. The van der Waals surface area contributed by atoms with Crippen molar-refractivity contribution in [1.29, 1.82) is 0 Å². The summed E-state index contributed by atoms with van der Waals surface area (Å²) in [6.45, 7) is 0.786. The quantitative estimate of drug-likeness (QED) is 0.863. The molecule has 82 valence electrons. The topological polar surface area (TPSA) is 42.2 Å². The molecule has 1 heterocycles. The minimum absolute atomic E-state index is 0.298. The van der Waals surface area contributed by atoms with Gasteiger partial charge in [-0.1, -0.05) is 24.4 Å². The van der Waals surface area contributed by atoms with E-state index in [4.69, 9.17) is 16.7 Å². The fourth-order valence-corrected chi connectivity index (χ4v) is 2.50. The number of nitrogens with zero attached hydrogens (tertiary/aromatic N) is 1. The molecule has 0 radical (unpaired) electrons. The number of carboxylic acid groups (broad SMARTS) is 1. The van der Waals surface area contributed by atoms with Gasteiger partial charge in [-0.25, -0.2) is 4.79 Å². The normalized spacial score (nSPS) is 17.1. The van der Waals surface area contributed by atoms with Gasteiger partial charge in [-0.3, -0.25) is 0 Å². The number of halogens is 1. The van der Waals surface area contributed by atoms with Crippen LogP contribution in [0.25, 0.3) is 0 Å². The molecular formula is C11H14ClNO2. The van der Waals surface area contributed by atoms with E-state index < -0.39 is 5.97 Å². The van der Waals surface area contributed by atoms with Gasteiger partial charge in [0.25, 0.3) is 0 Å². The number of carboxylic acids is 1. The zero-order chi connectivity index (χ0) is 10.8. The predicted molar refractivity (Wildman–Crippen MR) is 58.4 cm³/mol. The smallest absolute Gasteiger partial charge is 0.352 e. The van der Waals surface area contributed by atoms with E-state index >= 15 is 0 Å². The molecule has 0 spiro atoms. The van der Waals surface area contributed by atoms with Crippen LogP contribution in [0.2, 0.25) is 5.02 Å². The third-order valence-electron chi connectivity index (χ3n) is 3.01. The Labute approximate surface area is 93.7 Å². The zero-order valence-corrected chi connectivity index (χ0v) is 9.20. The minimum Gasteiger partial charge on any atom is -0.477 e. The van der Waals surface area contributed by atoms with Gasteiger partial charge in [0.2, 0.25) is 0 Å². The van der Waals surface area contributed by atoms with Gasteiger partial charge in [0.15, 0.2) is 0 Å². The Kier molecular flexibility index (Phi) is 3.00. The van der Waals surface area contributed by atoms with Crippen LogP contribution in [-0.2, 0) is 6.54 Å². The maximum absolute atomic E-state index is 10.9. The molecule has 2 rings (SSSR count). The second kappa shape index (κ2) is 4.27. The number of hydrogen-bond donors (Lipinski definition) is 1. The van der Waals surface area contributed by atoms with Crippen LogP contribution >= 0.6 is 11.6 Å². The summed E-state index contributed by atoms with van der Waals surface area (Å²) in [5, 5.41) is 9.48. The van der Waals surface area contributed by atoms with Crippen LogP contribution in [-0.4, -0.2) is 15.6 Å². The summed E-state index contributed by atoms with van der Waals surface area (Å²) in [4.78, 5) is 10.9. The van der Waals surface area contributed by atoms with Crippen molar-refractivity contribution in [1.82, 2.24) is 4.57 Å². The van der Waals surface area contributed by atoms with Crippen molar-refractivity contribution < 1.29 is 9.90 Å². The molecule has 1 saturated carbocycles. The highest BCUT2D eigenvalue weighted by molar-refractivity contribution is 6.30. The van der Waals surface area contributed by atoms with Gasteiger partial charge in [0.1, 0.15) is 5.69 Å². The van der Waals surface area contributed by atoms with Gasteiger partial charge in [-0.05, 0) is 24.8 Å². The first-order valence-electron chi connectivity index (χ1n) is 5.26. The van der Waals surface area contributed by atoms with E-state index in [-0.39, 0.29) is 0 Å². The Morgan fingerprint density at radius 1 is 1.53 bits per heavy atom. The standard InChI is InChI=1S/C11H14ClNO2/c12-9-5-10(11(14)15)13(7-9)6-8-3-1-2-4-8/h5,7-8H,1-4,6H2,(H,14,15). The fourth-order valence-electron chi connectivity index (χ4n) is 2.28. The van der Waals surface area contributed by atoms with Gasteiger partial charge in [-0.2, -0.15) is 0 Å². The summed E-state index contributed by atoms with van der Waals surface area (Å²) in [6, 6.07) is 1.51. The van der Waals surface area contributed by atoms with Gasteiger partial charge < -0.3 is 9.67 Å². The highest BCUT2D eigenvalue weighted by Crippen LogP contribution is 2.27. The average Bonchev–Trinajstić information content (AvgIpc) is 2.75. The Morgan fingerprint density at radius 2 is 2.20 bits per heavy atom. The largest absolute Gasteiger partial charge is 0.477 e. The van der Waals surface area contributed by atoms with Crippen molar-refractivity contribution in [3.8, 4) is 0 Å². The van der Waals surface area contributed by atoms with Crippen LogP contribution in [0.1, 0.15) is 36.2 Å². The summed E-state index contributed by atoms with van der Waals surface area (Å²) in [7, 11) is 0. The highest BCUT2D eigenvalue weighted by Gasteiger charge is 2.19. The predicted octanol–water partition coefficient (Wildman–Crippen LogP) is 3.03. The average molecular weight is 228 g/mol. The summed E-state index contributed by atoms with van der Waals surface area (Å²) < 4.78 is 1.76. The Morgan fingerprint density at radius 3 is 2.80 bits per heavy atom. The van der Waals surface area contributed by atoms with Crippen LogP contribution in [0, 0.1) is 5.92 Å². The molecule has 4 heteroatoms. The lowest BCUT2D eigenvalue weighted by molar-refractivity contribution is 0.0684. The molecule has 1 aliphatic rings. The molecule has 0 amide bonds. The molecule has 0 bridgehead atoms. The molecule has 1 aromatic heterocycles. The molecule has 1 fully saturated rings. The van der Waals surface area contributed by atoms with Gasteiger partial charge in [-0.15, -0.1) is 0 Å². The SMILES string of the molecule is O=C(O)c1cc(Cl)cn1CC1CCCC1. The van der Waals surface area contributed by atoms with E-state index in [0.29, 0.717) is 16.6 Å². The summed E-state index contributed by atoms with van der Waals surface area (Å²) in [6.07, 6.45) is 6.65. The summed E-state index contributed by atoms with van der Waals surface area (Å²) in [5.41, 5.74) is 0.298. The van der Waals surface area contributed by atoms with E-state index in [0.717, 1.165) is 6.54 Å². The Bertz CT molecular complexity index is 367. The lowest BCUT2D eigenvalue weighted by Gasteiger charge is -2.11. The van der Waals surface area contributed by atoms with Crippen LogP contribution < -0.4 is 0 Å². The van der Waals surface area contributed by atoms with E-state index in [1.807, 2.05) is 0 Å². The molecule has 1 aliphatic carbocycles. The van der Waals surface area contributed by atoms with E-state index in [2.05, 4.69) is 0 Å². The first-order valence-corrected chi connectivity index (χ1v) is 5.63. The molecule has 0 aromatic carbocycles. The van der Waals surface area contributed by atoms with Crippen LogP contribution in [0.15, 0.2) is 12.3 Å². The second-order valence-electron chi connectivity index (χ2n) is 4.15. The molecule has 0 aliphatic heterocycles. The van der Waals surface area contributed by atoms with Gasteiger partial charge >= 0.3 is 5.97 Å². The minimum atomic E-state index is -0.903. The van der Waals surface area contributed by atoms with Crippen LogP contribution in [0.4, 0.5) is 0 Å². The highest BCUT2D eigenvalue weighted by atomic mass is 35.5. The third-order valence-corrected chi connectivity index (χ3v) is 3.22. The van der Waals surface area contributed by atoms with Crippen molar-refractivity contribution in [3.63, 3.8) is 0 Å². The maximum atomic E-state index is 10.9. The molecule has 3 nitrogen and oxygen atoms in total. The maximum Gasteiger partial charge on any atom is 0.352 e. The van der Waals surface area contributed by atoms with E-state index in [1.54, 1.807) is 10.8 Å². The van der Waals surface area contributed by atoms with Gasteiger partial charge in [0.05, 0.1) is 5.02 Å². The zero-order valence-electron chi connectivity index (χ0n) is 8.45. The number of carbonyl (C=O) groups is 1. The first-order chi connectivity index (χ1) is 7.16. The fraction of sp³-hybridized carbons (Fsp3) is 0.545. The van der Waals surface area contributed by atoms with E-state index in [9.17, 15) is 4.79 Å². The van der Waals surface area contributed by atoms with Crippen molar-refractivity contribution in [2.45, 2.75) is 32.2 Å². The van der Waals surface area contributed by atoms with Crippen molar-refractivity contribution in [3.05, 3.63) is 23.0 Å². The molecule has 1 N–H and O–H groups in total. The first kappa shape index (κ1) is 10.6. The third kappa shape index (κ3) is 2.34. The Hall–Kier alpha value is -0.960. The monoisotopic (exact) mass is 227 g/mol. The van der Waals surface area contributed by atoms with Crippen molar-refractivity contribution >= 4 is 17.6 Å². The lowest BCUT2D eigenvalue weighted by atomic mass is 10.1. The number of hydrogen-bond acceptors (Lipinski definition) is 1. The van der Waals surface area contributed by atoms with Crippen LogP contribution in [0.3, 0.4) is 0 Å². The molecule has 15 heavy (non-hydrogen) atoms. The molecular weight excluding hydrogens is 214 g/mol. The Balaban J connectivity index is 2.15. The summed E-state index contributed by atoms with van der Waals surface area (Å²) in [5.74, 6) is -0.286. The van der Waals surface area contributed by atoms with Gasteiger partial charge in [0, 0.05) is 12.7 Å². The van der Waals surface area contributed by atoms with Crippen LogP contribution in [0.5, 0.6) is 0 Å². The molecule has 0 unspecified atom stereocenters. The number of rotatable bonds is 3. The molecule has 0 atom stereocenters. The van der Waals surface area contributed by atoms with Crippen molar-refractivity contribution in [2.75, 3.05) is 0 Å². The number of aromatic carboxylic acids is 1. The van der Waals surface area contributed by atoms with E-state index in [1.165, 1.54) is 31.7 Å². The lowest BCUT2D eigenvalue weighted by Crippen LogP contribution is -2.12. The molecule has 1 aromatic rings.